The first-order valence-electron chi connectivity index (χ1n) is 10.6. The number of hydrogen-bond acceptors (Lipinski definition) is 6. The Hall–Kier alpha value is -2.17. The molecule has 2 saturated heterocycles. The Labute approximate surface area is 177 Å². The van der Waals surface area contributed by atoms with E-state index >= 15 is 0 Å². The average molecular weight is 412 g/mol. The standard InChI is InChI=1S/C24H28O6/c1-3-20-23(26,4-2)14-12-18(28-20)19-13-15-24(30-19)21(11-8-16-27-24)29-22(25)17-9-6-5-7-10-17/h1,5-11,18-21,26H,4,12-16H2,2H3/t18-,19?,20+,21+,23-,24-/m1/s1. The molecule has 1 unspecified atom stereocenters. The molecular formula is C24H28O6. The van der Waals surface area contributed by atoms with Crippen molar-refractivity contribution in [2.24, 2.45) is 0 Å². The molecule has 6 heteroatoms. The molecule has 0 amide bonds. The summed E-state index contributed by atoms with van der Waals surface area (Å²) in [5, 5.41) is 10.7. The molecule has 0 saturated carbocycles. The lowest BCUT2D eigenvalue weighted by atomic mass is 9.83. The Morgan fingerprint density at radius 1 is 1.27 bits per heavy atom. The Kier molecular flexibility index (Phi) is 5.99. The van der Waals surface area contributed by atoms with Gasteiger partial charge in [0.1, 0.15) is 11.7 Å². The van der Waals surface area contributed by atoms with Gasteiger partial charge in [0.2, 0.25) is 5.79 Å². The van der Waals surface area contributed by atoms with Crippen molar-refractivity contribution in [1.82, 2.24) is 0 Å². The summed E-state index contributed by atoms with van der Waals surface area (Å²) < 4.78 is 24.1. The Bertz CT molecular complexity index is 830. The topological polar surface area (TPSA) is 74.2 Å². The maximum Gasteiger partial charge on any atom is 0.338 e. The normalized spacial score (nSPS) is 38.3. The SMILES string of the molecule is C#C[C@@H]1O[C@@H](C2CC[C@@]3(OCC=C[C@@H]3OC(=O)c3ccccc3)O2)CC[C@]1(O)CC. The van der Waals surface area contributed by atoms with Crippen LogP contribution in [0.5, 0.6) is 0 Å². The monoisotopic (exact) mass is 412 g/mol. The summed E-state index contributed by atoms with van der Waals surface area (Å²) in [4.78, 5) is 12.6. The second-order valence-electron chi connectivity index (χ2n) is 8.15. The Balaban J connectivity index is 1.45. The first-order chi connectivity index (χ1) is 14.5. The van der Waals surface area contributed by atoms with E-state index in [2.05, 4.69) is 5.92 Å². The van der Waals surface area contributed by atoms with Crippen LogP contribution in [0.25, 0.3) is 0 Å². The number of esters is 1. The maximum atomic E-state index is 12.6. The van der Waals surface area contributed by atoms with E-state index in [0.29, 0.717) is 44.3 Å². The molecule has 0 aliphatic carbocycles. The van der Waals surface area contributed by atoms with Crippen LogP contribution in [-0.4, -0.2) is 53.5 Å². The van der Waals surface area contributed by atoms with E-state index in [1.165, 1.54) is 0 Å². The van der Waals surface area contributed by atoms with Crippen LogP contribution >= 0.6 is 0 Å². The summed E-state index contributed by atoms with van der Waals surface area (Å²) in [6.07, 6.45) is 10.5. The molecule has 3 aliphatic heterocycles. The third-order valence-electron chi connectivity index (χ3n) is 6.38. The van der Waals surface area contributed by atoms with Crippen LogP contribution in [0, 0.1) is 12.3 Å². The van der Waals surface area contributed by atoms with E-state index in [1.54, 1.807) is 24.3 Å². The van der Waals surface area contributed by atoms with E-state index in [9.17, 15) is 9.90 Å². The van der Waals surface area contributed by atoms with Crippen molar-refractivity contribution in [3.63, 3.8) is 0 Å². The summed E-state index contributed by atoms with van der Waals surface area (Å²) in [7, 11) is 0. The molecule has 0 bridgehead atoms. The molecule has 3 aliphatic rings. The van der Waals surface area contributed by atoms with Gasteiger partial charge < -0.3 is 24.1 Å². The lowest BCUT2D eigenvalue weighted by Gasteiger charge is -2.43. The van der Waals surface area contributed by atoms with Crippen molar-refractivity contribution in [3.8, 4) is 12.3 Å². The van der Waals surface area contributed by atoms with Crippen molar-refractivity contribution in [2.75, 3.05) is 6.61 Å². The number of ether oxygens (including phenoxy) is 4. The lowest BCUT2D eigenvalue weighted by Crippen LogP contribution is -2.53. The number of carbonyl (C=O) groups is 1. The number of benzene rings is 1. The van der Waals surface area contributed by atoms with E-state index in [0.717, 1.165) is 0 Å². The summed E-state index contributed by atoms with van der Waals surface area (Å²) in [6, 6.07) is 8.86. The van der Waals surface area contributed by atoms with Crippen molar-refractivity contribution in [1.29, 1.82) is 0 Å². The van der Waals surface area contributed by atoms with E-state index in [4.69, 9.17) is 25.4 Å². The second kappa shape index (κ2) is 8.52. The number of hydrogen-bond donors (Lipinski definition) is 1. The third-order valence-corrected chi connectivity index (χ3v) is 6.38. The first kappa shape index (κ1) is 21.1. The van der Waals surface area contributed by atoms with Crippen LogP contribution in [-0.2, 0) is 18.9 Å². The fraction of sp³-hybridized carbons (Fsp3) is 0.542. The fourth-order valence-electron chi connectivity index (χ4n) is 4.50. The summed E-state index contributed by atoms with van der Waals surface area (Å²) in [5.41, 5.74) is -0.521. The van der Waals surface area contributed by atoms with Gasteiger partial charge in [-0.3, -0.25) is 0 Å². The van der Waals surface area contributed by atoms with Crippen LogP contribution < -0.4 is 0 Å². The second-order valence-corrected chi connectivity index (χ2v) is 8.15. The molecule has 3 heterocycles. The van der Waals surface area contributed by atoms with Crippen LogP contribution in [0.4, 0.5) is 0 Å². The molecule has 0 aromatic heterocycles. The van der Waals surface area contributed by atoms with Crippen LogP contribution in [0.1, 0.15) is 49.4 Å². The molecular weight excluding hydrogens is 384 g/mol. The van der Waals surface area contributed by atoms with Crippen LogP contribution in [0.3, 0.4) is 0 Å². The van der Waals surface area contributed by atoms with Gasteiger partial charge >= 0.3 is 5.97 Å². The molecule has 1 aromatic rings. The average Bonchev–Trinajstić information content (AvgIpc) is 3.21. The molecule has 30 heavy (non-hydrogen) atoms. The maximum absolute atomic E-state index is 12.6. The summed E-state index contributed by atoms with van der Waals surface area (Å²) in [6.45, 7) is 2.29. The molecule has 1 aromatic carbocycles. The highest BCUT2D eigenvalue weighted by molar-refractivity contribution is 5.89. The predicted octanol–water partition coefficient (Wildman–Crippen LogP) is 3.00. The van der Waals surface area contributed by atoms with Crippen molar-refractivity contribution in [2.45, 2.75) is 74.8 Å². The van der Waals surface area contributed by atoms with E-state index in [-0.39, 0.29) is 12.2 Å². The van der Waals surface area contributed by atoms with Crippen molar-refractivity contribution in [3.05, 3.63) is 48.0 Å². The van der Waals surface area contributed by atoms with Gasteiger partial charge in [-0.25, -0.2) is 4.79 Å². The minimum absolute atomic E-state index is 0.239. The highest BCUT2D eigenvalue weighted by atomic mass is 16.7. The van der Waals surface area contributed by atoms with E-state index in [1.807, 2.05) is 25.1 Å². The van der Waals surface area contributed by atoms with Gasteiger partial charge in [0.05, 0.1) is 24.4 Å². The molecule has 6 nitrogen and oxygen atoms in total. The van der Waals surface area contributed by atoms with E-state index < -0.39 is 29.6 Å². The Morgan fingerprint density at radius 3 is 2.77 bits per heavy atom. The smallest absolute Gasteiger partial charge is 0.338 e. The van der Waals surface area contributed by atoms with Crippen molar-refractivity contribution < 1.29 is 28.8 Å². The zero-order chi connectivity index (χ0) is 21.2. The van der Waals surface area contributed by atoms with Gasteiger partial charge in [-0.05, 0) is 43.9 Å². The fourth-order valence-corrected chi connectivity index (χ4v) is 4.50. The summed E-state index contributed by atoms with van der Waals surface area (Å²) in [5.74, 6) is 1.13. The third kappa shape index (κ3) is 3.91. The number of rotatable bonds is 4. The molecule has 1 N–H and O–H groups in total. The highest BCUT2D eigenvalue weighted by Crippen LogP contribution is 2.43. The van der Waals surface area contributed by atoms with Crippen LogP contribution in [0.15, 0.2) is 42.5 Å². The van der Waals surface area contributed by atoms with Crippen LogP contribution in [0.2, 0.25) is 0 Å². The van der Waals surface area contributed by atoms with Crippen molar-refractivity contribution >= 4 is 5.97 Å². The lowest BCUT2D eigenvalue weighted by molar-refractivity contribution is -0.281. The number of aliphatic hydroxyl groups is 1. The van der Waals surface area contributed by atoms with Gasteiger partial charge in [0.25, 0.3) is 0 Å². The molecule has 1 spiro atoms. The molecule has 6 atom stereocenters. The zero-order valence-corrected chi connectivity index (χ0v) is 17.2. The molecule has 2 fully saturated rings. The zero-order valence-electron chi connectivity index (χ0n) is 17.2. The quantitative estimate of drug-likeness (QED) is 0.466. The number of terminal acetylenes is 1. The van der Waals surface area contributed by atoms with Gasteiger partial charge in [0, 0.05) is 6.42 Å². The van der Waals surface area contributed by atoms with Gasteiger partial charge in [-0.2, -0.15) is 0 Å². The van der Waals surface area contributed by atoms with Gasteiger partial charge in [-0.1, -0.05) is 37.1 Å². The minimum atomic E-state index is -1.03. The largest absolute Gasteiger partial charge is 0.449 e. The summed E-state index contributed by atoms with van der Waals surface area (Å²) >= 11 is 0. The molecule has 4 rings (SSSR count). The number of carbonyl (C=O) groups excluding carboxylic acids is 1. The van der Waals surface area contributed by atoms with Gasteiger partial charge in [0.15, 0.2) is 6.10 Å². The van der Waals surface area contributed by atoms with Gasteiger partial charge in [-0.15, -0.1) is 6.42 Å². The molecule has 0 radical (unpaired) electrons. The Morgan fingerprint density at radius 2 is 2.03 bits per heavy atom. The predicted molar refractivity (Wildman–Crippen MR) is 110 cm³/mol. The first-order valence-corrected chi connectivity index (χ1v) is 10.6. The highest BCUT2D eigenvalue weighted by Gasteiger charge is 2.53. The minimum Gasteiger partial charge on any atom is -0.449 e. The molecule has 160 valence electrons.